The number of anilines is 1. The van der Waals surface area contributed by atoms with Crippen molar-refractivity contribution in [2.24, 2.45) is 5.41 Å². The maximum absolute atomic E-state index is 13.3. The second kappa shape index (κ2) is 8.16. The predicted octanol–water partition coefficient (Wildman–Crippen LogP) is 2.86. The van der Waals surface area contributed by atoms with Crippen molar-refractivity contribution in [3.05, 3.63) is 70.4 Å². The van der Waals surface area contributed by atoms with E-state index in [-0.39, 0.29) is 22.9 Å². The molecule has 4 heterocycles. The van der Waals surface area contributed by atoms with Gasteiger partial charge in [-0.25, -0.2) is 9.61 Å². The summed E-state index contributed by atoms with van der Waals surface area (Å²) in [5.41, 5.74) is 3.61. The van der Waals surface area contributed by atoms with Gasteiger partial charge in [0.25, 0.3) is 11.5 Å². The number of carbonyl (C=O) groups excluding carboxylic acids is 1. The van der Waals surface area contributed by atoms with Crippen molar-refractivity contribution in [2.45, 2.75) is 37.6 Å². The van der Waals surface area contributed by atoms with Crippen LogP contribution in [-0.2, 0) is 4.74 Å². The van der Waals surface area contributed by atoms with Gasteiger partial charge in [-0.05, 0) is 49.3 Å². The van der Waals surface area contributed by atoms with Crippen LogP contribution < -0.4 is 15.8 Å². The molecule has 184 valence electrons. The highest BCUT2D eigenvalue weighted by atomic mass is 16.5. The van der Waals surface area contributed by atoms with Gasteiger partial charge in [-0.15, -0.1) is 0 Å². The molecule has 0 atom stereocenters. The molecule has 1 spiro atoms. The van der Waals surface area contributed by atoms with Gasteiger partial charge in [-0.2, -0.15) is 10.2 Å². The van der Waals surface area contributed by atoms with Crippen LogP contribution in [0.4, 0.5) is 5.69 Å². The van der Waals surface area contributed by atoms with Crippen LogP contribution >= 0.6 is 0 Å². The van der Waals surface area contributed by atoms with E-state index in [0.717, 1.165) is 61.1 Å². The van der Waals surface area contributed by atoms with Gasteiger partial charge in [0, 0.05) is 36.6 Å². The maximum atomic E-state index is 13.3. The third-order valence-electron chi connectivity index (χ3n) is 8.28. The van der Waals surface area contributed by atoms with E-state index in [2.05, 4.69) is 31.6 Å². The molecule has 3 fully saturated rings. The fourth-order valence-corrected chi connectivity index (χ4v) is 6.56. The zero-order valence-corrected chi connectivity index (χ0v) is 19.9. The van der Waals surface area contributed by atoms with Gasteiger partial charge in [0.05, 0.1) is 41.7 Å². The van der Waals surface area contributed by atoms with Crippen molar-refractivity contribution >= 4 is 27.9 Å². The van der Waals surface area contributed by atoms with Crippen LogP contribution in [-0.4, -0.2) is 58.1 Å². The Morgan fingerprint density at radius 1 is 1.06 bits per heavy atom. The van der Waals surface area contributed by atoms with Crippen LogP contribution in [0.2, 0.25) is 0 Å². The van der Waals surface area contributed by atoms with Gasteiger partial charge in [0.2, 0.25) is 0 Å². The number of pyridine rings is 1. The molecule has 9 nitrogen and oxygen atoms in total. The van der Waals surface area contributed by atoms with E-state index in [1.165, 1.54) is 0 Å². The third kappa shape index (κ3) is 3.41. The fourth-order valence-electron chi connectivity index (χ4n) is 6.56. The van der Waals surface area contributed by atoms with Crippen LogP contribution in [0.25, 0.3) is 16.3 Å². The number of nitrogens with zero attached hydrogens (tertiary/aromatic N) is 4. The molecule has 1 amide bonds. The second-order valence-electron chi connectivity index (χ2n) is 10.5. The Hall–Kier alpha value is -3.72. The number of ether oxygens (including phenoxy) is 1. The van der Waals surface area contributed by atoms with Crippen molar-refractivity contribution in [3.63, 3.8) is 0 Å². The second-order valence-corrected chi connectivity index (χ2v) is 10.5. The zero-order chi connectivity index (χ0) is 24.3. The molecule has 1 aromatic carbocycles. The number of aromatic nitrogens is 4. The monoisotopic (exact) mass is 484 g/mol. The minimum absolute atomic E-state index is 0.0604. The van der Waals surface area contributed by atoms with Crippen molar-refractivity contribution in [2.75, 3.05) is 31.2 Å². The van der Waals surface area contributed by atoms with Crippen LogP contribution in [0.15, 0.2) is 53.6 Å². The van der Waals surface area contributed by atoms with E-state index < -0.39 is 0 Å². The molecule has 0 unspecified atom stereocenters. The quantitative estimate of drug-likeness (QED) is 0.462. The number of hydrogen-bond acceptors (Lipinski definition) is 6. The first-order valence-electron chi connectivity index (χ1n) is 12.7. The lowest BCUT2D eigenvalue weighted by Gasteiger charge is -2.57. The standard InChI is InChI=1S/C27H28N6O3/c34-25(21-16-28-33-7-3-6-22(24(21)33)32-8-10-36-11-9-32)29-18-14-27(15-18)12-17(13-27)23-19-4-1-2-5-20(19)26(35)31-30-23/h1-7,16-18H,8-15H2,(H,29,34)(H,31,35). The van der Waals surface area contributed by atoms with E-state index in [9.17, 15) is 9.59 Å². The van der Waals surface area contributed by atoms with Gasteiger partial charge >= 0.3 is 0 Å². The minimum Gasteiger partial charge on any atom is -0.378 e. The van der Waals surface area contributed by atoms with Gasteiger partial charge < -0.3 is 15.0 Å². The van der Waals surface area contributed by atoms with Gasteiger partial charge in [0.15, 0.2) is 0 Å². The fraction of sp³-hybridized carbons (Fsp3) is 0.407. The Morgan fingerprint density at radius 3 is 2.64 bits per heavy atom. The first-order chi connectivity index (χ1) is 17.6. The molecule has 9 heteroatoms. The molecule has 4 aromatic rings. The van der Waals surface area contributed by atoms with Crippen molar-refractivity contribution in [1.29, 1.82) is 0 Å². The highest BCUT2D eigenvalue weighted by Gasteiger charge is 2.54. The molecular weight excluding hydrogens is 456 g/mol. The van der Waals surface area contributed by atoms with Crippen LogP contribution in [0.1, 0.15) is 47.7 Å². The van der Waals surface area contributed by atoms with E-state index >= 15 is 0 Å². The number of hydrogen-bond donors (Lipinski definition) is 2. The highest BCUT2D eigenvalue weighted by Crippen LogP contribution is 2.62. The number of fused-ring (bicyclic) bond motifs is 2. The smallest absolute Gasteiger partial charge is 0.272 e. The number of nitrogens with one attached hydrogen (secondary N) is 2. The largest absolute Gasteiger partial charge is 0.378 e. The molecule has 0 radical (unpaired) electrons. The summed E-state index contributed by atoms with van der Waals surface area (Å²) in [5.74, 6) is 0.286. The molecule has 2 aliphatic carbocycles. The Balaban J connectivity index is 1.03. The molecule has 2 N–H and O–H groups in total. The summed E-state index contributed by atoms with van der Waals surface area (Å²) in [6, 6.07) is 11.9. The average Bonchev–Trinajstić information content (AvgIpc) is 3.31. The first kappa shape index (κ1) is 21.6. The van der Waals surface area contributed by atoms with Crippen LogP contribution in [0, 0.1) is 5.41 Å². The number of rotatable bonds is 4. The lowest BCUT2D eigenvalue weighted by atomic mass is 9.49. The van der Waals surface area contributed by atoms with Crippen molar-refractivity contribution in [1.82, 2.24) is 25.1 Å². The molecule has 3 aliphatic rings. The maximum Gasteiger partial charge on any atom is 0.272 e. The van der Waals surface area contributed by atoms with Crippen molar-refractivity contribution in [3.8, 4) is 0 Å². The normalized spacial score (nSPS) is 25.6. The Bertz CT molecular complexity index is 1520. The lowest BCUT2D eigenvalue weighted by molar-refractivity contribution is -0.0196. The number of morpholine rings is 1. The topological polar surface area (TPSA) is 105 Å². The number of amides is 1. The Kier molecular flexibility index (Phi) is 4.89. The number of aromatic amines is 1. The predicted molar refractivity (Wildman–Crippen MR) is 135 cm³/mol. The molecule has 1 aliphatic heterocycles. The molecule has 7 rings (SSSR count). The molecule has 3 aromatic heterocycles. The summed E-state index contributed by atoms with van der Waals surface area (Å²) in [6.45, 7) is 2.98. The van der Waals surface area contributed by atoms with E-state index in [0.29, 0.717) is 30.1 Å². The van der Waals surface area contributed by atoms with Crippen molar-refractivity contribution < 1.29 is 9.53 Å². The summed E-state index contributed by atoms with van der Waals surface area (Å²) in [5, 5.41) is 16.4. The molecule has 0 bridgehead atoms. The number of H-pyrrole nitrogens is 1. The highest BCUT2D eigenvalue weighted by molar-refractivity contribution is 6.04. The zero-order valence-electron chi connectivity index (χ0n) is 19.9. The van der Waals surface area contributed by atoms with Gasteiger partial charge in [-0.3, -0.25) is 9.59 Å². The lowest BCUT2D eigenvalue weighted by Crippen LogP contribution is -2.55. The number of carbonyl (C=O) groups is 1. The molecular formula is C27H28N6O3. The summed E-state index contributed by atoms with van der Waals surface area (Å²) in [4.78, 5) is 27.7. The molecule has 2 saturated carbocycles. The van der Waals surface area contributed by atoms with E-state index in [1.54, 1.807) is 10.7 Å². The van der Waals surface area contributed by atoms with Crippen LogP contribution in [0.3, 0.4) is 0 Å². The minimum atomic E-state index is -0.140. The van der Waals surface area contributed by atoms with Crippen LogP contribution in [0.5, 0.6) is 0 Å². The Labute approximate surface area is 207 Å². The molecule has 1 saturated heterocycles. The summed E-state index contributed by atoms with van der Waals surface area (Å²) in [7, 11) is 0. The average molecular weight is 485 g/mol. The third-order valence-corrected chi connectivity index (χ3v) is 8.28. The molecule has 36 heavy (non-hydrogen) atoms. The summed E-state index contributed by atoms with van der Waals surface area (Å²) >= 11 is 0. The summed E-state index contributed by atoms with van der Waals surface area (Å²) in [6.07, 6.45) is 7.60. The van der Waals surface area contributed by atoms with E-state index in [1.807, 2.05) is 36.5 Å². The van der Waals surface area contributed by atoms with E-state index in [4.69, 9.17) is 4.74 Å². The first-order valence-corrected chi connectivity index (χ1v) is 12.7. The Morgan fingerprint density at radius 2 is 1.83 bits per heavy atom. The van der Waals surface area contributed by atoms with Gasteiger partial charge in [0.1, 0.15) is 5.52 Å². The summed E-state index contributed by atoms with van der Waals surface area (Å²) < 4.78 is 7.29. The van der Waals surface area contributed by atoms with Gasteiger partial charge in [-0.1, -0.05) is 18.2 Å². The SMILES string of the molecule is O=C(NC1CC2(C1)CC(c1n[nH]c(=O)c3ccccc13)C2)c1cnn2cccc(N3CCOCC3)c12. The number of benzene rings is 1.